The summed E-state index contributed by atoms with van der Waals surface area (Å²) >= 11 is 0. The van der Waals surface area contributed by atoms with Crippen LogP contribution in [0.4, 0.5) is 0 Å². The number of unbranched alkanes of at least 4 members (excludes halogenated alkanes) is 1. The van der Waals surface area contributed by atoms with Crippen LogP contribution in [0.2, 0.25) is 0 Å². The van der Waals surface area contributed by atoms with Gasteiger partial charge in [-0.3, -0.25) is 9.69 Å². The third kappa shape index (κ3) is 7.36. The molecule has 3 nitrogen and oxygen atoms in total. The lowest BCUT2D eigenvalue weighted by atomic mass is 10.0. The third-order valence-corrected chi connectivity index (χ3v) is 3.88. The van der Waals surface area contributed by atoms with Gasteiger partial charge in [0.25, 0.3) is 0 Å². The zero-order valence-corrected chi connectivity index (χ0v) is 16.0. The van der Waals surface area contributed by atoms with Crippen LogP contribution >= 0.6 is 12.4 Å². The number of halogens is 1. The monoisotopic (exact) mass is 341 g/mol. The predicted molar refractivity (Wildman–Crippen MR) is 100 cm³/mol. The highest BCUT2D eigenvalue weighted by atomic mass is 35.5. The summed E-state index contributed by atoms with van der Waals surface area (Å²) in [6.07, 6.45) is 2.56. The van der Waals surface area contributed by atoms with Crippen molar-refractivity contribution >= 4 is 18.2 Å². The summed E-state index contributed by atoms with van der Waals surface area (Å²) in [6.45, 7) is 12.4. The fourth-order valence-corrected chi connectivity index (χ4v) is 2.67. The van der Waals surface area contributed by atoms with Gasteiger partial charge in [-0.15, -0.1) is 12.4 Å². The number of Topliss-reactive ketones (excluding diaryl/α,β-unsaturated/α-hetero) is 1. The first-order valence-electron chi connectivity index (χ1n) is 8.48. The molecule has 0 bridgehead atoms. The number of benzene rings is 1. The summed E-state index contributed by atoms with van der Waals surface area (Å²) < 4.78 is 5.91. The highest BCUT2D eigenvalue weighted by molar-refractivity contribution is 5.98. The van der Waals surface area contributed by atoms with Crippen molar-refractivity contribution in [2.24, 2.45) is 0 Å². The van der Waals surface area contributed by atoms with Crippen molar-refractivity contribution in [2.45, 2.75) is 66.0 Å². The molecule has 0 unspecified atom stereocenters. The lowest BCUT2D eigenvalue weighted by Gasteiger charge is -2.30. The molecule has 23 heavy (non-hydrogen) atoms. The van der Waals surface area contributed by atoms with Gasteiger partial charge in [0.15, 0.2) is 5.78 Å². The molecule has 0 aliphatic carbocycles. The minimum absolute atomic E-state index is 0. The molecular weight excluding hydrogens is 310 g/mol. The summed E-state index contributed by atoms with van der Waals surface area (Å²) in [5, 5.41) is 0. The summed E-state index contributed by atoms with van der Waals surface area (Å²) in [7, 11) is 0. The Labute approximate surface area is 147 Å². The lowest BCUT2D eigenvalue weighted by Crippen LogP contribution is -2.39. The summed E-state index contributed by atoms with van der Waals surface area (Å²) in [6, 6.07) is 8.58. The lowest BCUT2D eigenvalue weighted by molar-refractivity contribution is 0.0972. The Bertz CT molecular complexity index is 452. The van der Waals surface area contributed by atoms with E-state index in [1.165, 1.54) is 0 Å². The van der Waals surface area contributed by atoms with E-state index in [1.54, 1.807) is 0 Å². The van der Waals surface area contributed by atoms with Crippen LogP contribution in [0.1, 0.15) is 64.2 Å². The molecule has 0 spiro atoms. The Morgan fingerprint density at radius 3 is 2.30 bits per heavy atom. The number of rotatable bonds is 10. The van der Waals surface area contributed by atoms with E-state index in [1.807, 2.05) is 24.3 Å². The molecule has 132 valence electrons. The largest absolute Gasteiger partial charge is 0.491 e. The van der Waals surface area contributed by atoms with Gasteiger partial charge in [-0.25, -0.2) is 0 Å². The SMILES string of the molecule is CCCCC(=O)c1ccccc1OCCN(C(C)C)C(C)C.Cl. The van der Waals surface area contributed by atoms with Gasteiger partial charge < -0.3 is 4.74 Å². The van der Waals surface area contributed by atoms with Crippen molar-refractivity contribution < 1.29 is 9.53 Å². The fraction of sp³-hybridized carbons (Fsp3) is 0.632. The van der Waals surface area contributed by atoms with Crippen LogP contribution in [-0.4, -0.2) is 35.9 Å². The molecule has 0 aromatic heterocycles. The number of hydrogen-bond donors (Lipinski definition) is 0. The molecule has 0 N–H and O–H groups in total. The van der Waals surface area contributed by atoms with Gasteiger partial charge in [0, 0.05) is 25.0 Å². The van der Waals surface area contributed by atoms with Gasteiger partial charge in [-0.05, 0) is 46.2 Å². The molecule has 1 rings (SSSR count). The predicted octanol–water partition coefficient (Wildman–Crippen LogP) is 4.98. The van der Waals surface area contributed by atoms with Crippen LogP contribution in [0, 0.1) is 0 Å². The first-order chi connectivity index (χ1) is 10.5. The first-order valence-corrected chi connectivity index (χ1v) is 8.48. The van der Waals surface area contributed by atoms with E-state index in [0.717, 1.165) is 30.7 Å². The van der Waals surface area contributed by atoms with Crippen molar-refractivity contribution in [2.75, 3.05) is 13.2 Å². The molecule has 1 aromatic carbocycles. The molecule has 0 radical (unpaired) electrons. The summed E-state index contributed by atoms with van der Waals surface area (Å²) in [4.78, 5) is 14.6. The standard InChI is InChI=1S/C19H31NO2.ClH/c1-6-7-11-18(21)17-10-8-9-12-19(17)22-14-13-20(15(2)3)16(4)5;/h8-10,12,15-16H,6-7,11,13-14H2,1-5H3;1H. The topological polar surface area (TPSA) is 29.5 Å². The molecule has 0 aliphatic rings. The quantitative estimate of drug-likeness (QED) is 0.562. The normalized spacial score (nSPS) is 11.0. The van der Waals surface area contributed by atoms with Crippen LogP contribution in [-0.2, 0) is 0 Å². The fourth-order valence-electron chi connectivity index (χ4n) is 2.67. The van der Waals surface area contributed by atoms with E-state index < -0.39 is 0 Å². The number of nitrogens with zero attached hydrogens (tertiary/aromatic N) is 1. The minimum Gasteiger partial charge on any atom is -0.491 e. The Balaban J connectivity index is 0.00000484. The second-order valence-electron chi connectivity index (χ2n) is 6.30. The first kappa shape index (κ1) is 21.9. The molecule has 0 atom stereocenters. The minimum atomic E-state index is 0. The summed E-state index contributed by atoms with van der Waals surface area (Å²) in [5.41, 5.74) is 0.719. The molecule has 0 heterocycles. The zero-order valence-electron chi connectivity index (χ0n) is 15.2. The molecular formula is C19H32ClNO2. The second-order valence-corrected chi connectivity index (χ2v) is 6.30. The molecule has 0 aliphatic heterocycles. The average Bonchev–Trinajstić information content (AvgIpc) is 2.48. The van der Waals surface area contributed by atoms with Crippen LogP contribution < -0.4 is 4.74 Å². The maximum Gasteiger partial charge on any atom is 0.166 e. The van der Waals surface area contributed by atoms with E-state index in [4.69, 9.17) is 4.74 Å². The summed E-state index contributed by atoms with van der Waals surface area (Å²) in [5.74, 6) is 0.901. The van der Waals surface area contributed by atoms with Gasteiger partial charge in [-0.2, -0.15) is 0 Å². The van der Waals surface area contributed by atoms with Crippen LogP contribution in [0.5, 0.6) is 5.75 Å². The number of ether oxygens (including phenoxy) is 1. The third-order valence-electron chi connectivity index (χ3n) is 3.88. The van der Waals surface area contributed by atoms with Gasteiger partial charge >= 0.3 is 0 Å². The number of hydrogen-bond acceptors (Lipinski definition) is 3. The highest BCUT2D eigenvalue weighted by Crippen LogP contribution is 2.20. The molecule has 0 saturated heterocycles. The Morgan fingerprint density at radius 2 is 1.74 bits per heavy atom. The maximum atomic E-state index is 12.2. The number of carbonyl (C=O) groups is 1. The number of para-hydroxylation sites is 1. The zero-order chi connectivity index (χ0) is 16.5. The molecule has 4 heteroatoms. The van der Waals surface area contributed by atoms with E-state index in [-0.39, 0.29) is 18.2 Å². The van der Waals surface area contributed by atoms with Crippen molar-refractivity contribution in [3.63, 3.8) is 0 Å². The molecule has 0 fully saturated rings. The van der Waals surface area contributed by atoms with Crippen molar-refractivity contribution in [1.82, 2.24) is 4.90 Å². The van der Waals surface area contributed by atoms with Crippen LogP contribution in [0.15, 0.2) is 24.3 Å². The van der Waals surface area contributed by atoms with E-state index in [0.29, 0.717) is 25.1 Å². The van der Waals surface area contributed by atoms with Crippen molar-refractivity contribution in [3.05, 3.63) is 29.8 Å². The smallest absolute Gasteiger partial charge is 0.166 e. The van der Waals surface area contributed by atoms with E-state index >= 15 is 0 Å². The number of ketones is 1. The maximum absolute atomic E-state index is 12.2. The Kier molecular flexibility index (Phi) is 10.9. The Morgan fingerprint density at radius 1 is 1.13 bits per heavy atom. The second kappa shape index (κ2) is 11.5. The highest BCUT2D eigenvalue weighted by Gasteiger charge is 2.15. The number of carbonyl (C=O) groups excluding carboxylic acids is 1. The average molecular weight is 342 g/mol. The van der Waals surface area contributed by atoms with Crippen LogP contribution in [0.25, 0.3) is 0 Å². The van der Waals surface area contributed by atoms with Crippen molar-refractivity contribution in [1.29, 1.82) is 0 Å². The Hall–Kier alpha value is -1.06. The van der Waals surface area contributed by atoms with Crippen LogP contribution in [0.3, 0.4) is 0 Å². The van der Waals surface area contributed by atoms with Crippen molar-refractivity contribution in [3.8, 4) is 5.75 Å². The molecule has 0 amide bonds. The van der Waals surface area contributed by atoms with E-state index in [9.17, 15) is 4.79 Å². The molecule has 0 saturated carbocycles. The van der Waals surface area contributed by atoms with Gasteiger partial charge in [-0.1, -0.05) is 25.5 Å². The van der Waals surface area contributed by atoms with E-state index in [2.05, 4.69) is 39.5 Å². The van der Waals surface area contributed by atoms with Gasteiger partial charge in [0.05, 0.1) is 5.56 Å². The van der Waals surface area contributed by atoms with Gasteiger partial charge in [0.1, 0.15) is 12.4 Å². The molecule has 1 aromatic rings. The van der Waals surface area contributed by atoms with Gasteiger partial charge in [0.2, 0.25) is 0 Å².